The number of nitrogens with two attached hydrogens (primary N) is 3. The van der Waals surface area contributed by atoms with Gasteiger partial charge >= 0.3 is 0 Å². The van der Waals surface area contributed by atoms with Crippen LogP contribution in [-0.2, 0) is 0 Å². The van der Waals surface area contributed by atoms with Crippen LogP contribution >= 0.6 is 0 Å². The van der Waals surface area contributed by atoms with Gasteiger partial charge in [-0.25, -0.2) is 4.99 Å². The van der Waals surface area contributed by atoms with Gasteiger partial charge in [0, 0.05) is 0 Å². The largest absolute Gasteiger partial charge is 0.492 e. The summed E-state index contributed by atoms with van der Waals surface area (Å²) < 4.78 is 5.59. The van der Waals surface area contributed by atoms with Crippen molar-refractivity contribution in [2.75, 3.05) is 13.2 Å². The zero-order chi connectivity index (χ0) is 19.4. The number of benzene rings is 2. The predicted octanol–water partition coefficient (Wildman–Crippen LogP) is 0.581. The Bertz CT molecular complexity index is 897. The Morgan fingerprint density at radius 2 is 1.52 bits per heavy atom. The molecule has 27 heavy (non-hydrogen) atoms. The van der Waals surface area contributed by atoms with Crippen molar-refractivity contribution in [2.24, 2.45) is 27.2 Å². The molecule has 0 atom stereocenters. The highest BCUT2D eigenvalue weighted by Crippen LogP contribution is 2.22. The number of aliphatic imine (C=N–C) groups is 2. The average Bonchev–Trinajstić information content (AvgIpc) is 2.88. The van der Waals surface area contributed by atoms with E-state index in [1.165, 1.54) is 4.90 Å². The van der Waals surface area contributed by atoms with Crippen molar-refractivity contribution in [3.8, 4) is 5.75 Å². The molecule has 0 spiro atoms. The van der Waals surface area contributed by atoms with Gasteiger partial charge in [0.05, 0.1) is 23.4 Å². The van der Waals surface area contributed by atoms with Crippen molar-refractivity contribution in [2.45, 2.75) is 0 Å². The van der Waals surface area contributed by atoms with Crippen molar-refractivity contribution in [3.05, 3.63) is 59.7 Å². The molecular formula is C18H18N6O3. The standard InChI is InChI=1S/C18H18N6O3/c19-17(20)23-18(21)22-11-5-7-12(8-6-11)27-10-9-24-15(25)13-3-1-2-4-14(13)16(24)26/h1-8H,9-10H2,(H6,19,20,21,22,23). The van der Waals surface area contributed by atoms with Gasteiger partial charge in [-0.3, -0.25) is 14.5 Å². The number of carbonyl (C=O) groups excluding carboxylic acids is 2. The Balaban J connectivity index is 1.57. The van der Waals surface area contributed by atoms with Crippen LogP contribution in [0, 0.1) is 0 Å². The minimum absolute atomic E-state index is 0.0608. The highest BCUT2D eigenvalue weighted by Gasteiger charge is 2.34. The molecule has 0 radical (unpaired) electrons. The smallest absolute Gasteiger partial charge is 0.261 e. The van der Waals surface area contributed by atoms with Gasteiger partial charge in [0.15, 0.2) is 5.96 Å². The van der Waals surface area contributed by atoms with Crippen molar-refractivity contribution in [1.29, 1.82) is 0 Å². The van der Waals surface area contributed by atoms with E-state index in [4.69, 9.17) is 21.9 Å². The summed E-state index contributed by atoms with van der Waals surface area (Å²) in [5.41, 5.74) is 17.4. The normalized spacial score (nSPS) is 13.5. The lowest BCUT2D eigenvalue weighted by atomic mass is 10.1. The first-order valence-electron chi connectivity index (χ1n) is 8.07. The zero-order valence-electron chi connectivity index (χ0n) is 14.3. The molecule has 0 aliphatic carbocycles. The van der Waals surface area contributed by atoms with Crippen LogP contribution in [0.25, 0.3) is 0 Å². The molecular weight excluding hydrogens is 348 g/mol. The van der Waals surface area contributed by atoms with Crippen LogP contribution in [0.2, 0.25) is 0 Å². The molecule has 6 N–H and O–H groups in total. The minimum Gasteiger partial charge on any atom is -0.492 e. The van der Waals surface area contributed by atoms with E-state index < -0.39 is 0 Å². The van der Waals surface area contributed by atoms with Crippen LogP contribution in [0.4, 0.5) is 5.69 Å². The van der Waals surface area contributed by atoms with Crippen LogP contribution in [0.1, 0.15) is 20.7 Å². The van der Waals surface area contributed by atoms with Crippen LogP contribution in [0.5, 0.6) is 5.75 Å². The first kappa shape index (κ1) is 17.9. The van der Waals surface area contributed by atoms with Crippen molar-refractivity contribution in [1.82, 2.24) is 4.90 Å². The SMILES string of the molecule is NC(N)=NC(N)=Nc1ccc(OCCN2C(=O)c3ccccc3C2=O)cc1. The van der Waals surface area contributed by atoms with E-state index in [1.807, 2.05) is 0 Å². The number of imide groups is 1. The van der Waals surface area contributed by atoms with Gasteiger partial charge in [-0.1, -0.05) is 12.1 Å². The Kier molecular flexibility index (Phi) is 5.02. The summed E-state index contributed by atoms with van der Waals surface area (Å²) in [5, 5.41) is 0. The van der Waals surface area contributed by atoms with E-state index >= 15 is 0 Å². The molecule has 2 aromatic rings. The highest BCUT2D eigenvalue weighted by molar-refractivity contribution is 6.21. The van der Waals surface area contributed by atoms with Gasteiger partial charge in [0.1, 0.15) is 12.4 Å². The lowest BCUT2D eigenvalue weighted by Gasteiger charge is -2.14. The van der Waals surface area contributed by atoms with Gasteiger partial charge in [-0.2, -0.15) is 4.99 Å². The fraction of sp³-hybridized carbons (Fsp3) is 0.111. The molecule has 0 unspecified atom stereocenters. The number of guanidine groups is 2. The van der Waals surface area contributed by atoms with Gasteiger partial charge in [0.25, 0.3) is 11.8 Å². The third-order valence-corrected chi connectivity index (χ3v) is 3.79. The number of carbonyl (C=O) groups is 2. The quantitative estimate of drug-likeness (QED) is 0.400. The molecule has 0 fully saturated rings. The number of rotatable bonds is 5. The number of amides is 2. The second-order valence-electron chi connectivity index (χ2n) is 5.66. The van der Waals surface area contributed by atoms with E-state index in [0.717, 1.165) is 0 Å². The molecule has 0 saturated heterocycles. The first-order valence-corrected chi connectivity index (χ1v) is 8.07. The van der Waals surface area contributed by atoms with Crippen molar-refractivity contribution < 1.29 is 14.3 Å². The van der Waals surface area contributed by atoms with Crippen LogP contribution < -0.4 is 21.9 Å². The fourth-order valence-electron chi connectivity index (χ4n) is 2.60. The zero-order valence-corrected chi connectivity index (χ0v) is 14.3. The lowest BCUT2D eigenvalue weighted by Crippen LogP contribution is -2.33. The predicted molar refractivity (Wildman–Crippen MR) is 101 cm³/mol. The summed E-state index contributed by atoms with van der Waals surface area (Å²) in [7, 11) is 0. The summed E-state index contributed by atoms with van der Waals surface area (Å²) in [4.78, 5) is 33.4. The molecule has 1 aliphatic heterocycles. The molecule has 2 amide bonds. The molecule has 0 bridgehead atoms. The second-order valence-corrected chi connectivity index (χ2v) is 5.66. The topological polar surface area (TPSA) is 149 Å². The van der Waals surface area contributed by atoms with Crippen LogP contribution in [0.15, 0.2) is 58.5 Å². The second kappa shape index (κ2) is 7.56. The molecule has 9 nitrogen and oxygen atoms in total. The molecule has 1 aliphatic rings. The van der Waals surface area contributed by atoms with Crippen molar-refractivity contribution >= 4 is 29.4 Å². The van der Waals surface area contributed by atoms with Crippen LogP contribution in [0.3, 0.4) is 0 Å². The molecule has 3 rings (SSSR count). The summed E-state index contributed by atoms with van der Waals surface area (Å²) >= 11 is 0. The van der Waals surface area contributed by atoms with E-state index in [0.29, 0.717) is 22.6 Å². The monoisotopic (exact) mass is 366 g/mol. The Labute approximate surface area is 155 Å². The fourth-order valence-corrected chi connectivity index (χ4v) is 2.60. The molecule has 0 saturated carbocycles. The number of fused-ring (bicyclic) bond motifs is 1. The maximum absolute atomic E-state index is 12.3. The third-order valence-electron chi connectivity index (χ3n) is 3.79. The Morgan fingerprint density at radius 3 is 2.07 bits per heavy atom. The molecule has 1 heterocycles. The molecule has 2 aromatic carbocycles. The van der Waals surface area contributed by atoms with E-state index in [9.17, 15) is 9.59 Å². The Hall–Kier alpha value is -3.88. The van der Waals surface area contributed by atoms with E-state index in [1.54, 1.807) is 48.5 Å². The lowest BCUT2D eigenvalue weighted by molar-refractivity contribution is 0.0631. The summed E-state index contributed by atoms with van der Waals surface area (Å²) in [6, 6.07) is 13.5. The Morgan fingerprint density at radius 1 is 0.926 bits per heavy atom. The van der Waals surface area contributed by atoms with Crippen molar-refractivity contribution in [3.63, 3.8) is 0 Å². The molecule has 138 valence electrons. The molecule has 9 heteroatoms. The minimum atomic E-state index is -0.306. The average molecular weight is 366 g/mol. The number of nitrogens with zero attached hydrogens (tertiary/aromatic N) is 3. The van der Waals surface area contributed by atoms with Gasteiger partial charge < -0.3 is 21.9 Å². The van der Waals surface area contributed by atoms with Gasteiger partial charge in [0.2, 0.25) is 5.96 Å². The first-order chi connectivity index (χ1) is 13.0. The number of ether oxygens (including phenoxy) is 1. The van der Waals surface area contributed by atoms with E-state index in [2.05, 4.69) is 9.98 Å². The summed E-state index contributed by atoms with van der Waals surface area (Å²) in [6.07, 6.45) is 0. The summed E-state index contributed by atoms with van der Waals surface area (Å²) in [5.74, 6) is -0.289. The summed E-state index contributed by atoms with van der Waals surface area (Å²) in [6.45, 7) is 0.327. The van der Waals surface area contributed by atoms with Gasteiger partial charge in [-0.05, 0) is 36.4 Å². The third kappa shape index (κ3) is 4.03. The maximum atomic E-state index is 12.3. The number of hydrogen-bond acceptors (Lipinski definition) is 4. The molecule has 0 aromatic heterocycles. The maximum Gasteiger partial charge on any atom is 0.261 e. The number of hydrogen-bond donors (Lipinski definition) is 3. The van der Waals surface area contributed by atoms with Gasteiger partial charge in [-0.15, -0.1) is 0 Å². The highest BCUT2D eigenvalue weighted by atomic mass is 16.5. The van der Waals surface area contributed by atoms with Crippen LogP contribution in [-0.4, -0.2) is 41.8 Å². The van der Waals surface area contributed by atoms with E-state index in [-0.39, 0.29) is 36.9 Å².